The van der Waals surface area contributed by atoms with Crippen LogP contribution in [0.25, 0.3) is 0 Å². The van der Waals surface area contributed by atoms with E-state index in [9.17, 15) is 4.79 Å². The second-order valence-electron chi connectivity index (χ2n) is 5.20. The Hall–Kier alpha value is -0.690. The molecule has 0 aliphatic rings. The minimum Gasteiger partial charge on any atom is -0.469 e. The van der Waals surface area contributed by atoms with E-state index in [0.29, 0.717) is 39.5 Å². The highest BCUT2D eigenvalue weighted by atomic mass is 16.5. The first-order valence-corrected chi connectivity index (χ1v) is 7.62. The summed E-state index contributed by atoms with van der Waals surface area (Å²) in [6.07, 6.45) is 2.77. The summed E-state index contributed by atoms with van der Waals surface area (Å²) < 4.78 is 20.9. The van der Waals surface area contributed by atoms with Gasteiger partial charge in [-0.25, -0.2) is 0 Å². The Morgan fingerprint density at radius 2 is 1.52 bits per heavy atom. The van der Waals surface area contributed by atoms with Crippen LogP contribution in [0.1, 0.15) is 33.1 Å². The van der Waals surface area contributed by atoms with E-state index in [1.54, 1.807) is 6.92 Å². The molecule has 0 spiro atoms. The fourth-order valence-corrected chi connectivity index (χ4v) is 1.62. The fraction of sp³-hybridized carbons (Fsp3) is 0.933. The largest absolute Gasteiger partial charge is 0.469 e. The summed E-state index contributed by atoms with van der Waals surface area (Å²) >= 11 is 0. The van der Waals surface area contributed by atoms with E-state index in [1.807, 2.05) is 0 Å². The molecular formula is C15H31NO5. The quantitative estimate of drug-likeness (QED) is 0.385. The molecule has 1 unspecified atom stereocenters. The maximum Gasteiger partial charge on any atom is 0.312 e. The molecule has 0 aromatic rings. The molecule has 2 N–H and O–H groups in total. The van der Waals surface area contributed by atoms with E-state index >= 15 is 0 Å². The second-order valence-corrected chi connectivity index (χ2v) is 5.20. The summed E-state index contributed by atoms with van der Waals surface area (Å²) in [6, 6.07) is 0. The van der Waals surface area contributed by atoms with Crippen molar-refractivity contribution < 1.29 is 23.7 Å². The monoisotopic (exact) mass is 305 g/mol. The third-order valence-corrected chi connectivity index (χ3v) is 3.31. The predicted octanol–water partition coefficient (Wildman–Crippen LogP) is 1.36. The van der Waals surface area contributed by atoms with Crippen LogP contribution in [-0.4, -0.2) is 59.3 Å². The third kappa shape index (κ3) is 9.79. The van der Waals surface area contributed by atoms with Gasteiger partial charge in [-0.2, -0.15) is 0 Å². The van der Waals surface area contributed by atoms with Crippen LogP contribution >= 0.6 is 0 Å². The van der Waals surface area contributed by atoms with E-state index in [1.165, 1.54) is 7.11 Å². The van der Waals surface area contributed by atoms with Crippen LogP contribution in [-0.2, 0) is 23.7 Å². The van der Waals surface area contributed by atoms with E-state index in [0.717, 1.165) is 19.4 Å². The van der Waals surface area contributed by atoms with Crippen molar-refractivity contribution in [2.24, 2.45) is 11.1 Å². The van der Waals surface area contributed by atoms with Crippen molar-refractivity contribution in [2.75, 3.05) is 53.3 Å². The lowest BCUT2D eigenvalue weighted by molar-refractivity contribution is -0.152. The molecule has 0 fully saturated rings. The Labute approximate surface area is 128 Å². The number of carbonyl (C=O) groups excluding carboxylic acids is 1. The minimum atomic E-state index is -0.678. The van der Waals surface area contributed by atoms with Crippen LogP contribution in [0.4, 0.5) is 0 Å². The number of hydrogen-bond donors (Lipinski definition) is 1. The summed E-state index contributed by atoms with van der Waals surface area (Å²) in [5.41, 5.74) is 4.94. The average molecular weight is 305 g/mol. The molecule has 0 aliphatic heterocycles. The van der Waals surface area contributed by atoms with Gasteiger partial charge >= 0.3 is 5.97 Å². The standard InChI is InChI=1S/C15H31NO5/c1-4-5-7-19-9-11-21-12-10-20-8-6-15(2,13-16)14(17)18-3/h4-13,16H2,1-3H3. The molecule has 0 saturated carbocycles. The molecule has 0 radical (unpaired) electrons. The number of esters is 1. The van der Waals surface area contributed by atoms with Crippen molar-refractivity contribution in [3.05, 3.63) is 0 Å². The zero-order valence-corrected chi connectivity index (χ0v) is 13.7. The number of rotatable bonds is 14. The fourth-order valence-electron chi connectivity index (χ4n) is 1.62. The highest BCUT2D eigenvalue weighted by molar-refractivity contribution is 5.76. The Morgan fingerprint density at radius 3 is 2.00 bits per heavy atom. The molecule has 6 heteroatoms. The molecule has 0 bridgehead atoms. The van der Waals surface area contributed by atoms with Crippen molar-refractivity contribution in [3.8, 4) is 0 Å². The van der Waals surface area contributed by atoms with Gasteiger partial charge in [0.25, 0.3) is 0 Å². The number of methoxy groups -OCH3 is 1. The zero-order valence-electron chi connectivity index (χ0n) is 13.7. The van der Waals surface area contributed by atoms with Crippen molar-refractivity contribution in [1.29, 1.82) is 0 Å². The molecule has 21 heavy (non-hydrogen) atoms. The smallest absolute Gasteiger partial charge is 0.312 e. The van der Waals surface area contributed by atoms with Gasteiger partial charge in [-0.15, -0.1) is 0 Å². The van der Waals surface area contributed by atoms with Gasteiger partial charge in [-0.05, 0) is 19.8 Å². The van der Waals surface area contributed by atoms with Gasteiger partial charge in [0.1, 0.15) is 0 Å². The van der Waals surface area contributed by atoms with Crippen LogP contribution in [0, 0.1) is 5.41 Å². The molecule has 0 amide bonds. The van der Waals surface area contributed by atoms with Crippen LogP contribution in [0.3, 0.4) is 0 Å². The molecule has 0 aromatic carbocycles. The molecular weight excluding hydrogens is 274 g/mol. The summed E-state index contributed by atoms with van der Waals surface area (Å²) in [7, 11) is 1.37. The number of unbranched alkanes of at least 4 members (excludes halogenated alkanes) is 1. The molecule has 0 rings (SSSR count). The maximum atomic E-state index is 11.6. The SMILES string of the molecule is CCCCOCCOCCOCCC(C)(CN)C(=O)OC. The normalized spacial score (nSPS) is 13.9. The van der Waals surface area contributed by atoms with Gasteiger partial charge in [0.15, 0.2) is 0 Å². The number of hydrogen-bond acceptors (Lipinski definition) is 6. The van der Waals surface area contributed by atoms with Crippen molar-refractivity contribution in [3.63, 3.8) is 0 Å². The Balaban J connectivity index is 3.45. The van der Waals surface area contributed by atoms with Crippen LogP contribution in [0.15, 0.2) is 0 Å². The average Bonchev–Trinajstić information content (AvgIpc) is 2.51. The topological polar surface area (TPSA) is 80.0 Å². The van der Waals surface area contributed by atoms with Crippen LogP contribution < -0.4 is 5.73 Å². The molecule has 0 aromatic heterocycles. The van der Waals surface area contributed by atoms with E-state index in [-0.39, 0.29) is 12.5 Å². The lowest BCUT2D eigenvalue weighted by Gasteiger charge is -2.24. The van der Waals surface area contributed by atoms with Gasteiger partial charge in [0.2, 0.25) is 0 Å². The molecule has 0 heterocycles. The van der Waals surface area contributed by atoms with Gasteiger partial charge in [-0.3, -0.25) is 4.79 Å². The van der Waals surface area contributed by atoms with E-state index < -0.39 is 5.41 Å². The number of nitrogens with two attached hydrogens (primary N) is 1. The number of carbonyl (C=O) groups is 1. The van der Waals surface area contributed by atoms with Gasteiger partial charge in [0, 0.05) is 19.8 Å². The second kappa shape index (κ2) is 13.0. The lowest BCUT2D eigenvalue weighted by atomic mass is 9.87. The maximum absolute atomic E-state index is 11.6. The first kappa shape index (κ1) is 20.3. The summed E-state index contributed by atoms with van der Waals surface area (Å²) in [5, 5.41) is 0. The van der Waals surface area contributed by atoms with Gasteiger partial charge in [0.05, 0.1) is 39.0 Å². The molecule has 0 aliphatic carbocycles. The predicted molar refractivity (Wildman–Crippen MR) is 81.2 cm³/mol. The van der Waals surface area contributed by atoms with E-state index in [2.05, 4.69) is 6.92 Å². The lowest BCUT2D eigenvalue weighted by Crippen LogP contribution is -2.37. The molecule has 0 saturated heterocycles. The highest BCUT2D eigenvalue weighted by Crippen LogP contribution is 2.21. The Morgan fingerprint density at radius 1 is 1.00 bits per heavy atom. The zero-order chi connectivity index (χ0) is 16.0. The van der Waals surface area contributed by atoms with Crippen molar-refractivity contribution >= 4 is 5.97 Å². The van der Waals surface area contributed by atoms with Gasteiger partial charge < -0.3 is 24.7 Å². The van der Waals surface area contributed by atoms with E-state index in [4.69, 9.17) is 24.7 Å². The first-order chi connectivity index (χ1) is 10.1. The summed E-state index contributed by atoms with van der Waals surface area (Å²) in [6.45, 7) is 7.63. The van der Waals surface area contributed by atoms with Gasteiger partial charge in [-0.1, -0.05) is 13.3 Å². The van der Waals surface area contributed by atoms with Crippen LogP contribution in [0.2, 0.25) is 0 Å². The van der Waals surface area contributed by atoms with Crippen molar-refractivity contribution in [2.45, 2.75) is 33.1 Å². The Bertz CT molecular complexity index is 262. The summed E-state index contributed by atoms with van der Waals surface area (Å²) in [5.74, 6) is -0.297. The molecule has 1 atom stereocenters. The molecule has 6 nitrogen and oxygen atoms in total. The highest BCUT2D eigenvalue weighted by Gasteiger charge is 2.32. The third-order valence-electron chi connectivity index (χ3n) is 3.31. The minimum absolute atomic E-state index is 0.245. The summed E-state index contributed by atoms with van der Waals surface area (Å²) in [4.78, 5) is 11.6. The Kier molecular flexibility index (Phi) is 12.6. The molecule has 126 valence electrons. The number of ether oxygens (including phenoxy) is 4. The van der Waals surface area contributed by atoms with Crippen LogP contribution in [0.5, 0.6) is 0 Å². The van der Waals surface area contributed by atoms with Crippen molar-refractivity contribution in [1.82, 2.24) is 0 Å². The first-order valence-electron chi connectivity index (χ1n) is 7.62.